The predicted octanol–water partition coefficient (Wildman–Crippen LogP) is 2.03. The van der Waals surface area contributed by atoms with Crippen molar-refractivity contribution in [3.63, 3.8) is 0 Å². The molecule has 0 bridgehead atoms. The Bertz CT molecular complexity index is 1230. The normalized spacial score (nSPS) is 16.4. The maximum absolute atomic E-state index is 13.4. The van der Waals surface area contributed by atoms with Gasteiger partial charge in [-0.1, -0.05) is 24.3 Å². The first-order valence-corrected chi connectivity index (χ1v) is 9.44. The SMILES string of the molecule is CCN1N=C(C)[C@@H](C)n2c1nc1c2c(=O)n(Cc2ccccc2C)c(=O)n1C. The quantitative estimate of drug-likeness (QED) is 0.697. The lowest BCUT2D eigenvalue weighted by Crippen LogP contribution is -2.40. The molecule has 0 amide bonds. The van der Waals surface area contributed by atoms with Gasteiger partial charge in [0.25, 0.3) is 5.56 Å². The monoisotopic (exact) mass is 380 g/mol. The molecular weight excluding hydrogens is 356 g/mol. The van der Waals surface area contributed by atoms with Crippen LogP contribution in [0.4, 0.5) is 5.95 Å². The van der Waals surface area contributed by atoms with Gasteiger partial charge >= 0.3 is 5.69 Å². The average Bonchev–Trinajstić information content (AvgIpc) is 3.09. The Kier molecular flexibility index (Phi) is 4.21. The van der Waals surface area contributed by atoms with Crippen molar-refractivity contribution in [1.82, 2.24) is 18.7 Å². The van der Waals surface area contributed by atoms with Crippen molar-refractivity contribution in [2.24, 2.45) is 12.1 Å². The molecule has 3 heterocycles. The zero-order valence-corrected chi connectivity index (χ0v) is 16.8. The highest BCUT2D eigenvalue weighted by Gasteiger charge is 2.30. The van der Waals surface area contributed by atoms with Crippen LogP contribution in [0.25, 0.3) is 11.2 Å². The minimum Gasteiger partial charge on any atom is -0.294 e. The second-order valence-electron chi connectivity index (χ2n) is 7.25. The topological polar surface area (TPSA) is 77.4 Å². The van der Waals surface area contributed by atoms with Gasteiger partial charge in [-0.3, -0.25) is 18.5 Å². The summed E-state index contributed by atoms with van der Waals surface area (Å²) in [6.45, 7) is 8.74. The minimum absolute atomic E-state index is 0.111. The van der Waals surface area contributed by atoms with E-state index in [-0.39, 0.29) is 23.8 Å². The number of aryl methyl sites for hydroxylation is 2. The molecule has 0 saturated carbocycles. The molecule has 4 rings (SSSR count). The van der Waals surface area contributed by atoms with E-state index >= 15 is 0 Å². The van der Waals surface area contributed by atoms with Crippen LogP contribution >= 0.6 is 0 Å². The van der Waals surface area contributed by atoms with Gasteiger partial charge in [0.1, 0.15) is 0 Å². The van der Waals surface area contributed by atoms with Crippen LogP contribution in [-0.4, -0.2) is 30.9 Å². The molecule has 1 aliphatic heterocycles. The number of fused-ring (bicyclic) bond motifs is 3. The Labute approximate surface area is 162 Å². The van der Waals surface area contributed by atoms with Crippen molar-refractivity contribution in [2.45, 2.75) is 40.3 Å². The van der Waals surface area contributed by atoms with Gasteiger partial charge in [-0.25, -0.2) is 9.80 Å². The Morgan fingerprint density at radius 2 is 1.86 bits per heavy atom. The van der Waals surface area contributed by atoms with Crippen molar-refractivity contribution in [3.8, 4) is 0 Å². The lowest BCUT2D eigenvalue weighted by Gasteiger charge is -2.28. The van der Waals surface area contributed by atoms with Crippen LogP contribution in [0.1, 0.15) is 37.9 Å². The smallest absolute Gasteiger partial charge is 0.294 e. The molecule has 0 unspecified atom stereocenters. The van der Waals surface area contributed by atoms with E-state index in [1.807, 2.05) is 56.5 Å². The van der Waals surface area contributed by atoms with Crippen LogP contribution in [0.2, 0.25) is 0 Å². The summed E-state index contributed by atoms with van der Waals surface area (Å²) in [7, 11) is 1.66. The number of hydrogen-bond acceptors (Lipinski definition) is 5. The van der Waals surface area contributed by atoms with Gasteiger partial charge < -0.3 is 0 Å². The zero-order valence-electron chi connectivity index (χ0n) is 16.8. The number of imidazole rings is 1. The van der Waals surface area contributed by atoms with E-state index in [0.29, 0.717) is 23.7 Å². The van der Waals surface area contributed by atoms with Gasteiger partial charge in [-0.05, 0) is 38.8 Å². The molecule has 0 aliphatic carbocycles. The van der Waals surface area contributed by atoms with Crippen LogP contribution in [0.15, 0.2) is 39.0 Å². The van der Waals surface area contributed by atoms with Crippen molar-refractivity contribution in [1.29, 1.82) is 0 Å². The second kappa shape index (κ2) is 6.47. The summed E-state index contributed by atoms with van der Waals surface area (Å²) in [4.78, 5) is 31.0. The first kappa shape index (κ1) is 18.2. The summed E-state index contributed by atoms with van der Waals surface area (Å²) in [6, 6.07) is 7.66. The second-order valence-corrected chi connectivity index (χ2v) is 7.25. The van der Waals surface area contributed by atoms with Crippen molar-refractivity contribution in [3.05, 3.63) is 56.2 Å². The van der Waals surface area contributed by atoms with Crippen molar-refractivity contribution in [2.75, 3.05) is 11.6 Å². The molecule has 2 aromatic heterocycles. The number of benzene rings is 1. The van der Waals surface area contributed by atoms with Gasteiger partial charge in [0, 0.05) is 13.6 Å². The average molecular weight is 380 g/mol. The molecule has 1 atom stereocenters. The largest absolute Gasteiger partial charge is 0.332 e. The lowest BCUT2D eigenvalue weighted by atomic mass is 10.1. The molecule has 0 spiro atoms. The van der Waals surface area contributed by atoms with Crippen LogP contribution in [0.5, 0.6) is 0 Å². The molecular formula is C20H24N6O2. The highest BCUT2D eigenvalue weighted by atomic mass is 16.2. The Morgan fingerprint density at radius 3 is 2.54 bits per heavy atom. The van der Waals surface area contributed by atoms with Crippen LogP contribution in [-0.2, 0) is 13.6 Å². The van der Waals surface area contributed by atoms with E-state index in [2.05, 4.69) is 10.1 Å². The van der Waals surface area contributed by atoms with Gasteiger partial charge in [-0.15, -0.1) is 0 Å². The third kappa shape index (κ3) is 2.51. The van der Waals surface area contributed by atoms with Crippen molar-refractivity contribution >= 4 is 22.8 Å². The maximum atomic E-state index is 13.4. The molecule has 8 nitrogen and oxygen atoms in total. The molecule has 1 aromatic carbocycles. The highest BCUT2D eigenvalue weighted by molar-refractivity contribution is 5.91. The van der Waals surface area contributed by atoms with Gasteiger partial charge in [-0.2, -0.15) is 10.1 Å². The van der Waals surface area contributed by atoms with Crippen molar-refractivity contribution < 1.29 is 0 Å². The molecule has 0 fully saturated rings. The fourth-order valence-corrected chi connectivity index (χ4v) is 3.69. The lowest BCUT2D eigenvalue weighted by molar-refractivity contribution is 0.630. The minimum atomic E-state index is -0.371. The third-order valence-electron chi connectivity index (χ3n) is 5.55. The Morgan fingerprint density at radius 1 is 1.14 bits per heavy atom. The summed E-state index contributed by atoms with van der Waals surface area (Å²) in [6.07, 6.45) is 0. The van der Waals surface area contributed by atoms with Crippen LogP contribution in [0.3, 0.4) is 0 Å². The molecule has 28 heavy (non-hydrogen) atoms. The highest BCUT2D eigenvalue weighted by Crippen LogP contribution is 2.29. The van der Waals surface area contributed by atoms with E-state index in [1.54, 1.807) is 12.1 Å². The van der Waals surface area contributed by atoms with E-state index in [9.17, 15) is 9.59 Å². The van der Waals surface area contributed by atoms with Gasteiger partial charge in [0.15, 0.2) is 11.2 Å². The predicted molar refractivity (Wildman–Crippen MR) is 110 cm³/mol. The van der Waals surface area contributed by atoms with E-state index in [0.717, 1.165) is 16.8 Å². The molecule has 8 heteroatoms. The van der Waals surface area contributed by atoms with Crippen LogP contribution < -0.4 is 16.3 Å². The number of hydrazone groups is 1. The zero-order chi connectivity index (χ0) is 20.2. The Balaban J connectivity index is 2.02. The van der Waals surface area contributed by atoms with Crippen LogP contribution in [0, 0.1) is 6.92 Å². The number of hydrogen-bond donors (Lipinski definition) is 0. The summed E-state index contributed by atoms with van der Waals surface area (Å²) in [5, 5.41) is 6.34. The molecule has 0 N–H and O–H groups in total. The number of aromatic nitrogens is 4. The molecule has 146 valence electrons. The first-order valence-electron chi connectivity index (χ1n) is 9.44. The summed E-state index contributed by atoms with van der Waals surface area (Å²) in [5.74, 6) is 0.594. The number of rotatable bonds is 3. The summed E-state index contributed by atoms with van der Waals surface area (Å²) in [5.41, 5.74) is 3.02. The molecule has 3 aromatic rings. The van der Waals surface area contributed by atoms with E-state index in [1.165, 1.54) is 9.13 Å². The van der Waals surface area contributed by atoms with E-state index in [4.69, 9.17) is 0 Å². The first-order chi connectivity index (χ1) is 13.3. The Hall–Kier alpha value is -3.16. The maximum Gasteiger partial charge on any atom is 0.332 e. The molecule has 0 saturated heterocycles. The third-order valence-corrected chi connectivity index (χ3v) is 5.55. The van der Waals surface area contributed by atoms with E-state index < -0.39 is 0 Å². The van der Waals surface area contributed by atoms with Gasteiger partial charge in [0.2, 0.25) is 5.95 Å². The fraction of sp³-hybridized carbons (Fsp3) is 0.400. The number of anilines is 1. The fourth-order valence-electron chi connectivity index (χ4n) is 3.69. The van der Waals surface area contributed by atoms with Gasteiger partial charge in [0.05, 0.1) is 18.3 Å². The molecule has 1 aliphatic rings. The summed E-state index contributed by atoms with van der Waals surface area (Å²) < 4.78 is 4.65. The summed E-state index contributed by atoms with van der Waals surface area (Å²) >= 11 is 0. The number of nitrogens with zero attached hydrogens (tertiary/aromatic N) is 6. The molecule has 0 radical (unpaired) electrons. The standard InChI is InChI=1S/C20H24N6O2/c1-6-25-19-21-17-16(26(19)14(4)13(3)22-25)18(27)24(20(28)23(17)5)11-15-10-8-7-9-12(15)2/h7-10,14H,6,11H2,1-5H3/t14-/m1/s1.